The molecule has 0 aromatic heterocycles. The lowest BCUT2D eigenvalue weighted by atomic mass is 10.1. The third-order valence-electron chi connectivity index (χ3n) is 4.86. The lowest BCUT2D eigenvalue weighted by molar-refractivity contribution is -0.131. The molecule has 2 unspecified atom stereocenters. The standard InChI is InChI=1S/C17H27N3O3S/c1-12-5-6-16(7-13(12)2)24(22,23)19(4)11-17(21)20-10-15(9-18)8-14(20)3/h5-7,14-15H,8-11,18H2,1-4H3. The Bertz CT molecular complexity index is 718. The topological polar surface area (TPSA) is 83.7 Å². The number of carbonyl (C=O) groups excluding carboxylic acids is 1. The minimum Gasteiger partial charge on any atom is -0.339 e. The van der Waals surface area contributed by atoms with E-state index in [1.54, 1.807) is 23.1 Å². The van der Waals surface area contributed by atoms with Crippen LogP contribution in [0.15, 0.2) is 23.1 Å². The van der Waals surface area contributed by atoms with Crippen molar-refractivity contribution in [3.05, 3.63) is 29.3 Å². The Hall–Kier alpha value is -1.44. The number of nitrogens with zero attached hydrogens (tertiary/aromatic N) is 2. The maximum absolute atomic E-state index is 12.7. The summed E-state index contributed by atoms with van der Waals surface area (Å²) in [5.74, 6) is 0.124. The molecule has 134 valence electrons. The van der Waals surface area contributed by atoms with Gasteiger partial charge in [0.2, 0.25) is 15.9 Å². The van der Waals surface area contributed by atoms with E-state index in [0.29, 0.717) is 19.0 Å². The van der Waals surface area contributed by atoms with Crippen molar-refractivity contribution < 1.29 is 13.2 Å². The zero-order valence-corrected chi connectivity index (χ0v) is 15.6. The molecule has 0 aliphatic carbocycles. The summed E-state index contributed by atoms with van der Waals surface area (Å²) in [4.78, 5) is 14.5. The molecule has 24 heavy (non-hydrogen) atoms. The highest BCUT2D eigenvalue weighted by Crippen LogP contribution is 2.23. The Morgan fingerprint density at radius 3 is 2.54 bits per heavy atom. The number of aryl methyl sites for hydroxylation is 2. The molecule has 2 rings (SSSR count). The lowest BCUT2D eigenvalue weighted by Crippen LogP contribution is -2.42. The minimum atomic E-state index is -3.68. The van der Waals surface area contributed by atoms with Gasteiger partial charge < -0.3 is 10.6 Å². The van der Waals surface area contributed by atoms with E-state index in [-0.39, 0.29) is 23.4 Å². The van der Waals surface area contributed by atoms with Crippen molar-refractivity contribution in [2.24, 2.45) is 11.7 Å². The fraction of sp³-hybridized carbons (Fsp3) is 0.588. The van der Waals surface area contributed by atoms with Crippen molar-refractivity contribution in [3.8, 4) is 0 Å². The average Bonchev–Trinajstić information content (AvgIpc) is 2.91. The number of hydrogen-bond donors (Lipinski definition) is 1. The molecular weight excluding hydrogens is 326 g/mol. The highest BCUT2D eigenvalue weighted by molar-refractivity contribution is 7.89. The largest absolute Gasteiger partial charge is 0.339 e. The van der Waals surface area contributed by atoms with Crippen LogP contribution in [0.4, 0.5) is 0 Å². The first-order valence-electron chi connectivity index (χ1n) is 8.20. The molecule has 1 fully saturated rings. The highest BCUT2D eigenvalue weighted by atomic mass is 32.2. The van der Waals surface area contributed by atoms with E-state index in [2.05, 4.69) is 0 Å². The summed E-state index contributed by atoms with van der Waals surface area (Å²) in [5, 5.41) is 0. The Morgan fingerprint density at radius 1 is 1.33 bits per heavy atom. The van der Waals surface area contributed by atoms with Gasteiger partial charge in [-0.1, -0.05) is 6.07 Å². The quantitative estimate of drug-likeness (QED) is 0.860. The Labute approximate surface area is 144 Å². The van der Waals surface area contributed by atoms with Gasteiger partial charge in [0.15, 0.2) is 0 Å². The lowest BCUT2D eigenvalue weighted by Gasteiger charge is -2.25. The number of sulfonamides is 1. The van der Waals surface area contributed by atoms with Crippen LogP contribution in [0.5, 0.6) is 0 Å². The highest BCUT2D eigenvalue weighted by Gasteiger charge is 2.33. The number of amides is 1. The van der Waals surface area contributed by atoms with Gasteiger partial charge in [-0.15, -0.1) is 0 Å². The molecule has 0 radical (unpaired) electrons. The van der Waals surface area contributed by atoms with Gasteiger partial charge in [0.1, 0.15) is 0 Å². The molecule has 1 aliphatic rings. The van der Waals surface area contributed by atoms with E-state index < -0.39 is 10.0 Å². The molecule has 2 N–H and O–H groups in total. The summed E-state index contributed by atoms with van der Waals surface area (Å²) >= 11 is 0. The number of nitrogens with two attached hydrogens (primary N) is 1. The summed E-state index contributed by atoms with van der Waals surface area (Å²) in [5.41, 5.74) is 7.63. The molecule has 1 heterocycles. The van der Waals surface area contributed by atoms with Crippen molar-refractivity contribution in [2.45, 2.75) is 38.1 Å². The van der Waals surface area contributed by atoms with Crippen LogP contribution < -0.4 is 5.73 Å². The Morgan fingerprint density at radius 2 is 2.00 bits per heavy atom. The molecule has 0 bridgehead atoms. The molecule has 0 saturated carbocycles. The predicted octanol–water partition coefficient (Wildman–Crippen LogP) is 1.12. The van der Waals surface area contributed by atoms with Crippen LogP contribution in [-0.4, -0.2) is 56.3 Å². The van der Waals surface area contributed by atoms with Gasteiger partial charge in [-0.05, 0) is 62.9 Å². The number of likely N-dealkylation sites (tertiary alicyclic amines) is 1. The molecule has 0 spiro atoms. The second-order valence-electron chi connectivity index (χ2n) is 6.74. The molecule has 1 aromatic carbocycles. The van der Waals surface area contributed by atoms with Gasteiger partial charge in [0.05, 0.1) is 11.4 Å². The maximum atomic E-state index is 12.7. The number of likely N-dealkylation sites (N-methyl/N-ethyl adjacent to an activating group) is 1. The fourth-order valence-electron chi connectivity index (χ4n) is 3.08. The second kappa shape index (κ2) is 7.21. The zero-order valence-electron chi connectivity index (χ0n) is 14.8. The molecule has 2 atom stereocenters. The number of carbonyl (C=O) groups is 1. The third-order valence-corrected chi connectivity index (χ3v) is 6.66. The van der Waals surface area contributed by atoms with E-state index in [0.717, 1.165) is 21.9 Å². The minimum absolute atomic E-state index is 0.101. The first-order chi connectivity index (χ1) is 11.2. The van der Waals surface area contributed by atoms with Crippen LogP contribution in [0.3, 0.4) is 0 Å². The number of rotatable bonds is 5. The van der Waals surface area contributed by atoms with Crippen LogP contribution >= 0.6 is 0 Å². The van der Waals surface area contributed by atoms with Gasteiger partial charge in [-0.3, -0.25) is 4.79 Å². The normalized spacial score (nSPS) is 21.5. The second-order valence-corrected chi connectivity index (χ2v) is 8.78. The first-order valence-corrected chi connectivity index (χ1v) is 9.64. The van der Waals surface area contributed by atoms with E-state index >= 15 is 0 Å². The molecule has 1 saturated heterocycles. The molecule has 1 aliphatic heterocycles. The van der Waals surface area contributed by atoms with E-state index in [4.69, 9.17) is 5.73 Å². The molecule has 6 nitrogen and oxygen atoms in total. The Kier molecular flexibility index (Phi) is 5.67. The Balaban J connectivity index is 2.11. The first kappa shape index (κ1) is 18.9. The van der Waals surface area contributed by atoms with E-state index in [1.165, 1.54) is 7.05 Å². The zero-order chi connectivity index (χ0) is 18.1. The number of benzene rings is 1. The molecule has 1 aromatic rings. The van der Waals surface area contributed by atoms with Gasteiger partial charge >= 0.3 is 0 Å². The van der Waals surface area contributed by atoms with Gasteiger partial charge in [-0.2, -0.15) is 4.31 Å². The van der Waals surface area contributed by atoms with Crippen LogP contribution in [-0.2, 0) is 14.8 Å². The summed E-state index contributed by atoms with van der Waals surface area (Å²) in [6, 6.07) is 5.12. The predicted molar refractivity (Wildman–Crippen MR) is 94.1 cm³/mol. The molecule has 7 heteroatoms. The maximum Gasteiger partial charge on any atom is 0.243 e. The van der Waals surface area contributed by atoms with Crippen LogP contribution in [0.2, 0.25) is 0 Å². The summed E-state index contributed by atoms with van der Waals surface area (Å²) in [6.07, 6.45) is 0.871. The van der Waals surface area contributed by atoms with Crippen molar-refractivity contribution in [1.29, 1.82) is 0 Å². The van der Waals surface area contributed by atoms with Gasteiger partial charge in [-0.25, -0.2) is 8.42 Å². The van der Waals surface area contributed by atoms with Crippen LogP contribution in [0.1, 0.15) is 24.5 Å². The van der Waals surface area contributed by atoms with Gasteiger partial charge in [0.25, 0.3) is 0 Å². The number of hydrogen-bond acceptors (Lipinski definition) is 4. The summed E-state index contributed by atoms with van der Waals surface area (Å²) in [7, 11) is -2.23. The van der Waals surface area contributed by atoms with E-state index in [9.17, 15) is 13.2 Å². The fourth-order valence-corrected chi connectivity index (χ4v) is 4.29. The summed E-state index contributed by atoms with van der Waals surface area (Å²) < 4.78 is 26.5. The smallest absolute Gasteiger partial charge is 0.243 e. The van der Waals surface area contributed by atoms with Crippen molar-refractivity contribution in [1.82, 2.24) is 9.21 Å². The van der Waals surface area contributed by atoms with Crippen molar-refractivity contribution in [3.63, 3.8) is 0 Å². The van der Waals surface area contributed by atoms with Crippen LogP contribution in [0.25, 0.3) is 0 Å². The average molecular weight is 353 g/mol. The monoisotopic (exact) mass is 353 g/mol. The van der Waals surface area contributed by atoms with E-state index in [1.807, 2.05) is 20.8 Å². The van der Waals surface area contributed by atoms with Gasteiger partial charge in [0, 0.05) is 19.6 Å². The molecule has 1 amide bonds. The molecular formula is C17H27N3O3S. The van der Waals surface area contributed by atoms with Crippen LogP contribution in [0, 0.1) is 19.8 Å². The van der Waals surface area contributed by atoms with Crippen molar-refractivity contribution in [2.75, 3.05) is 26.7 Å². The SMILES string of the molecule is Cc1ccc(S(=O)(=O)N(C)CC(=O)N2CC(CN)CC2C)cc1C. The third kappa shape index (κ3) is 3.79. The van der Waals surface area contributed by atoms with Crippen molar-refractivity contribution >= 4 is 15.9 Å². The summed E-state index contributed by atoms with van der Waals surface area (Å²) in [6.45, 7) is 6.78.